The standard InChI is InChI=1S/C33H44O7S/c34-26-22-28(40-33-16-8-10-20-38-33)25(24(26)12-3-1-2-4-14-31(35)36)17-18-27(39-32-15-7-9-19-37-32)30-21-23-11-5-6-13-29(23)41-30/h1,3,5-6,11,13,17-18,21,24-28,32-34H,2,4,7-10,12,14-16,19-20,22H2,(H,35,36)/b3-1-,18-17+/t24-,25-,26+,27-,28-,32?,33?/m1/s1. The van der Waals surface area contributed by atoms with E-state index in [0.29, 0.717) is 32.3 Å². The molecule has 1 aromatic carbocycles. The lowest BCUT2D eigenvalue weighted by atomic mass is 9.89. The molecule has 2 unspecified atom stereocenters. The summed E-state index contributed by atoms with van der Waals surface area (Å²) in [5, 5.41) is 21.3. The lowest BCUT2D eigenvalue weighted by Crippen LogP contribution is -2.30. The summed E-state index contributed by atoms with van der Waals surface area (Å²) < 4.78 is 26.1. The Hall–Kier alpha value is -2.07. The number of ether oxygens (including phenoxy) is 4. The van der Waals surface area contributed by atoms with Gasteiger partial charge in [-0.3, -0.25) is 4.79 Å². The van der Waals surface area contributed by atoms with Crippen LogP contribution in [0, 0.1) is 11.8 Å². The minimum Gasteiger partial charge on any atom is -0.481 e. The van der Waals surface area contributed by atoms with Gasteiger partial charge in [0.15, 0.2) is 12.6 Å². The summed E-state index contributed by atoms with van der Waals surface area (Å²) in [5.74, 6) is -0.787. The van der Waals surface area contributed by atoms with E-state index in [4.69, 9.17) is 24.1 Å². The largest absolute Gasteiger partial charge is 0.481 e. The zero-order chi connectivity index (χ0) is 28.4. The molecule has 0 spiro atoms. The first-order valence-electron chi connectivity index (χ1n) is 15.3. The predicted molar refractivity (Wildman–Crippen MR) is 160 cm³/mol. The molecule has 3 heterocycles. The summed E-state index contributed by atoms with van der Waals surface area (Å²) in [6.07, 6.45) is 16.0. The Bertz CT molecular complexity index is 1110. The molecule has 2 saturated heterocycles. The molecule has 3 aliphatic rings. The van der Waals surface area contributed by atoms with Gasteiger partial charge in [-0.2, -0.15) is 0 Å². The summed E-state index contributed by atoms with van der Waals surface area (Å²) in [5.41, 5.74) is 0. The highest BCUT2D eigenvalue weighted by molar-refractivity contribution is 7.19. The SMILES string of the molecule is O=C(O)CCC/C=C\C[C@@H]1[C@@H](/C=C/[C@@H](OC2CCCCO2)c2cc3ccccc3s2)[C@H](OC2CCCCO2)C[C@@H]1O. The summed E-state index contributed by atoms with van der Waals surface area (Å²) in [6.45, 7) is 1.44. The van der Waals surface area contributed by atoms with Crippen LogP contribution < -0.4 is 0 Å². The normalized spacial score (nSPS) is 30.0. The fourth-order valence-electron chi connectivity index (χ4n) is 6.15. The van der Waals surface area contributed by atoms with Crippen molar-refractivity contribution in [2.24, 2.45) is 11.8 Å². The first kappa shape index (κ1) is 30.4. The number of rotatable bonds is 13. The molecular formula is C33H44O7S. The van der Waals surface area contributed by atoms with Crippen LogP contribution >= 0.6 is 11.3 Å². The van der Waals surface area contributed by atoms with E-state index in [1.54, 1.807) is 11.3 Å². The molecule has 0 radical (unpaired) electrons. The number of benzene rings is 1. The number of allylic oxidation sites excluding steroid dienone is 2. The second kappa shape index (κ2) is 15.4. The molecule has 7 atom stereocenters. The molecule has 1 saturated carbocycles. The molecular weight excluding hydrogens is 540 g/mol. The van der Waals surface area contributed by atoms with E-state index in [9.17, 15) is 9.90 Å². The Balaban J connectivity index is 1.35. The van der Waals surface area contributed by atoms with E-state index in [1.165, 1.54) is 10.1 Å². The van der Waals surface area contributed by atoms with Crippen LogP contribution in [-0.4, -0.2) is 54.2 Å². The van der Waals surface area contributed by atoms with Gasteiger partial charge in [-0.1, -0.05) is 42.5 Å². The summed E-state index contributed by atoms with van der Waals surface area (Å²) in [7, 11) is 0. The van der Waals surface area contributed by atoms with Gasteiger partial charge < -0.3 is 29.2 Å². The zero-order valence-corrected chi connectivity index (χ0v) is 24.6. The quantitative estimate of drug-likeness (QED) is 0.191. The predicted octanol–water partition coefficient (Wildman–Crippen LogP) is 7.15. The van der Waals surface area contributed by atoms with Crippen molar-refractivity contribution in [1.29, 1.82) is 0 Å². The van der Waals surface area contributed by atoms with E-state index in [0.717, 1.165) is 50.0 Å². The van der Waals surface area contributed by atoms with Gasteiger partial charge in [0.05, 0.1) is 12.2 Å². The molecule has 2 aliphatic heterocycles. The molecule has 3 fully saturated rings. The Kier molecular flexibility index (Phi) is 11.4. The molecule has 2 N–H and O–H groups in total. The number of carboxylic acid groups (broad SMARTS) is 1. The molecule has 0 bridgehead atoms. The van der Waals surface area contributed by atoms with E-state index >= 15 is 0 Å². The van der Waals surface area contributed by atoms with Crippen LogP contribution in [0.3, 0.4) is 0 Å². The fourth-order valence-corrected chi connectivity index (χ4v) is 7.23. The Labute approximate surface area is 247 Å². The number of aliphatic hydroxyl groups excluding tert-OH is 1. The second-order valence-corrected chi connectivity index (χ2v) is 12.5. The van der Waals surface area contributed by atoms with Gasteiger partial charge in [-0.25, -0.2) is 0 Å². The van der Waals surface area contributed by atoms with Gasteiger partial charge in [-0.05, 0) is 81.2 Å². The van der Waals surface area contributed by atoms with Crippen molar-refractivity contribution in [2.45, 2.75) is 102 Å². The average Bonchev–Trinajstić information content (AvgIpc) is 3.54. The summed E-state index contributed by atoms with van der Waals surface area (Å²) >= 11 is 1.75. The summed E-state index contributed by atoms with van der Waals surface area (Å²) in [4.78, 5) is 12.0. The molecule has 1 aliphatic carbocycles. The van der Waals surface area contributed by atoms with Crippen molar-refractivity contribution in [2.75, 3.05) is 13.2 Å². The maximum Gasteiger partial charge on any atom is 0.303 e. The minimum atomic E-state index is -0.770. The van der Waals surface area contributed by atoms with Crippen molar-refractivity contribution in [3.63, 3.8) is 0 Å². The van der Waals surface area contributed by atoms with Crippen molar-refractivity contribution in [1.82, 2.24) is 0 Å². The number of hydrogen-bond donors (Lipinski definition) is 2. The lowest BCUT2D eigenvalue weighted by Gasteiger charge is -2.29. The van der Waals surface area contributed by atoms with Crippen molar-refractivity contribution in [3.05, 3.63) is 59.5 Å². The number of fused-ring (bicyclic) bond motifs is 1. The number of carbonyl (C=O) groups is 1. The molecule has 2 aromatic rings. The number of hydrogen-bond acceptors (Lipinski definition) is 7. The van der Waals surface area contributed by atoms with Crippen LogP contribution in [0.4, 0.5) is 0 Å². The molecule has 0 amide bonds. The van der Waals surface area contributed by atoms with Crippen LogP contribution in [0.5, 0.6) is 0 Å². The average molecular weight is 585 g/mol. The third kappa shape index (κ3) is 8.72. The highest BCUT2D eigenvalue weighted by Crippen LogP contribution is 2.41. The summed E-state index contributed by atoms with van der Waals surface area (Å²) in [6, 6.07) is 10.6. The fraction of sp³-hybridized carbons (Fsp3) is 0.606. The Morgan fingerprint density at radius 1 is 1.07 bits per heavy atom. The van der Waals surface area contributed by atoms with Crippen LogP contribution in [-0.2, 0) is 23.7 Å². The lowest BCUT2D eigenvalue weighted by molar-refractivity contribution is -0.193. The number of thiophene rings is 1. The molecule has 41 heavy (non-hydrogen) atoms. The van der Waals surface area contributed by atoms with Gasteiger partial charge in [0.1, 0.15) is 6.10 Å². The van der Waals surface area contributed by atoms with E-state index in [1.807, 2.05) is 6.08 Å². The number of aliphatic hydroxyl groups is 1. The van der Waals surface area contributed by atoms with Crippen molar-refractivity contribution >= 4 is 27.4 Å². The topological polar surface area (TPSA) is 94.5 Å². The van der Waals surface area contributed by atoms with Crippen molar-refractivity contribution < 1.29 is 34.0 Å². The van der Waals surface area contributed by atoms with Gasteiger partial charge >= 0.3 is 5.97 Å². The van der Waals surface area contributed by atoms with E-state index < -0.39 is 12.1 Å². The van der Waals surface area contributed by atoms with Gasteiger partial charge in [0.25, 0.3) is 0 Å². The zero-order valence-electron chi connectivity index (χ0n) is 23.8. The molecule has 8 heteroatoms. The van der Waals surface area contributed by atoms with Gasteiger partial charge in [-0.15, -0.1) is 11.3 Å². The number of carboxylic acids is 1. The highest BCUT2D eigenvalue weighted by Gasteiger charge is 2.42. The Morgan fingerprint density at radius 3 is 2.59 bits per heavy atom. The van der Waals surface area contributed by atoms with Gasteiger partial charge in [0, 0.05) is 41.6 Å². The number of aliphatic carboxylic acids is 1. The van der Waals surface area contributed by atoms with Crippen LogP contribution in [0.25, 0.3) is 10.1 Å². The molecule has 224 valence electrons. The van der Waals surface area contributed by atoms with Gasteiger partial charge in [0.2, 0.25) is 0 Å². The monoisotopic (exact) mass is 584 g/mol. The molecule has 1 aromatic heterocycles. The maximum atomic E-state index is 11.2. The molecule has 7 nitrogen and oxygen atoms in total. The van der Waals surface area contributed by atoms with E-state index in [-0.39, 0.29) is 43.0 Å². The van der Waals surface area contributed by atoms with Crippen LogP contribution in [0.2, 0.25) is 0 Å². The maximum absolute atomic E-state index is 11.2. The third-order valence-corrected chi connectivity index (χ3v) is 9.54. The minimum absolute atomic E-state index is 0.00745. The smallest absolute Gasteiger partial charge is 0.303 e. The van der Waals surface area contributed by atoms with E-state index in [2.05, 4.69) is 48.6 Å². The van der Waals surface area contributed by atoms with Crippen molar-refractivity contribution in [3.8, 4) is 0 Å². The number of unbranched alkanes of at least 4 members (excludes halogenated alkanes) is 1. The highest BCUT2D eigenvalue weighted by atomic mass is 32.1. The Morgan fingerprint density at radius 2 is 1.85 bits per heavy atom. The second-order valence-electron chi connectivity index (χ2n) is 11.4. The van der Waals surface area contributed by atoms with Crippen LogP contribution in [0.15, 0.2) is 54.6 Å². The molecule has 5 rings (SSSR count). The third-order valence-electron chi connectivity index (χ3n) is 8.36. The first-order chi connectivity index (χ1) is 20.1. The van der Waals surface area contributed by atoms with Crippen LogP contribution in [0.1, 0.15) is 81.6 Å². The first-order valence-corrected chi connectivity index (χ1v) is 16.1.